The van der Waals surface area contributed by atoms with Crippen molar-refractivity contribution < 1.29 is 20.4 Å². The van der Waals surface area contributed by atoms with E-state index >= 15 is 0 Å². The third-order valence-electron chi connectivity index (χ3n) is 3.02. The van der Waals surface area contributed by atoms with Gasteiger partial charge in [0.25, 0.3) is 0 Å². The quantitative estimate of drug-likeness (QED) is 0.614. The van der Waals surface area contributed by atoms with E-state index in [4.69, 9.17) is 0 Å². The number of benzene rings is 2. The Morgan fingerprint density at radius 2 is 1.39 bits per heavy atom. The SMILES string of the molecule is CC(c1ccc(O)cc1)c1ccc(O)c(O)c1O. The predicted molar refractivity (Wildman–Crippen MR) is 67.1 cm³/mol. The first-order valence-electron chi connectivity index (χ1n) is 5.53. The molecular weight excluding hydrogens is 232 g/mol. The molecule has 0 spiro atoms. The number of phenols is 4. The van der Waals surface area contributed by atoms with Gasteiger partial charge in [-0.25, -0.2) is 0 Å². The standard InChI is InChI=1S/C14H14O4/c1-8(9-2-4-10(15)5-3-9)11-6-7-12(16)14(18)13(11)17/h2-8,15-18H,1H3. The molecule has 0 heterocycles. The van der Waals surface area contributed by atoms with E-state index in [2.05, 4.69) is 0 Å². The summed E-state index contributed by atoms with van der Waals surface area (Å²) in [6.07, 6.45) is 0. The van der Waals surface area contributed by atoms with Crippen molar-refractivity contribution in [2.75, 3.05) is 0 Å². The molecule has 0 saturated heterocycles. The topological polar surface area (TPSA) is 80.9 Å². The van der Waals surface area contributed by atoms with Gasteiger partial charge in [-0.2, -0.15) is 0 Å². The van der Waals surface area contributed by atoms with Gasteiger partial charge >= 0.3 is 0 Å². The van der Waals surface area contributed by atoms with Crippen LogP contribution >= 0.6 is 0 Å². The van der Waals surface area contributed by atoms with Crippen LogP contribution < -0.4 is 0 Å². The van der Waals surface area contributed by atoms with Crippen molar-refractivity contribution in [1.29, 1.82) is 0 Å². The molecule has 4 heteroatoms. The van der Waals surface area contributed by atoms with E-state index in [1.165, 1.54) is 6.07 Å². The van der Waals surface area contributed by atoms with Crippen LogP contribution in [0, 0.1) is 0 Å². The van der Waals surface area contributed by atoms with Crippen LogP contribution in [-0.2, 0) is 0 Å². The van der Waals surface area contributed by atoms with Gasteiger partial charge < -0.3 is 20.4 Å². The minimum Gasteiger partial charge on any atom is -0.508 e. The minimum absolute atomic E-state index is 0.169. The second kappa shape index (κ2) is 4.49. The Morgan fingerprint density at radius 1 is 0.778 bits per heavy atom. The number of aromatic hydroxyl groups is 4. The molecular formula is C14H14O4. The Balaban J connectivity index is 2.43. The highest BCUT2D eigenvalue weighted by atomic mass is 16.3. The summed E-state index contributed by atoms with van der Waals surface area (Å²) in [7, 11) is 0. The summed E-state index contributed by atoms with van der Waals surface area (Å²) in [5, 5.41) is 37.8. The molecule has 0 aliphatic carbocycles. The molecule has 18 heavy (non-hydrogen) atoms. The summed E-state index contributed by atoms with van der Waals surface area (Å²) < 4.78 is 0. The Morgan fingerprint density at radius 3 is 2.00 bits per heavy atom. The van der Waals surface area contributed by atoms with Gasteiger partial charge in [0.15, 0.2) is 11.5 Å². The average Bonchev–Trinajstić information content (AvgIpc) is 2.36. The first-order valence-corrected chi connectivity index (χ1v) is 5.53. The van der Waals surface area contributed by atoms with Gasteiger partial charge in [0.2, 0.25) is 5.75 Å². The summed E-state index contributed by atoms with van der Waals surface area (Å²) in [6, 6.07) is 9.49. The van der Waals surface area contributed by atoms with Gasteiger partial charge in [-0.1, -0.05) is 25.1 Å². The monoisotopic (exact) mass is 246 g/mol. The Hall–Kier alpha value is -2.36. The summed E-state index contributed by atoms with van der Waals surface area (Å²) in [6.45, 7) is 1.86. The fourth-order valence-corrected chi connectivity index (χ4v) is 1.88. The van der Waals surface area contributed by atoms with Gasteiger partial charge in [0.1, 0.15) is 5.75 Å². The smallest absolute Gasteiger partial charge is 0.200 e. The van der Waals surface area contributed by atoms with E-state index in [0.29, 0.717) is 5.56 Å². The molecule has 0 saturated carbocycles. The molecule has 0 amide bonds. The molecule has 0 bridgehead atoms. The lowest BCUT2D eigenvalue weighted by Gasteiger charge is -2.15. The van der Waals surface area contributed by atoms with Crippen molar-refractivity contribution in [1.82, 2.24) is 0 Å². The number of hydrogen-bond acceptors (Lipinski definition) is 4. The second-order valence-electron chi connectivity index (χ2n) is 4.18. The molecule has 2 aromatic rings. The summed E-state index contributed by atoms with van der Waals surface area (Å²) in [5.41, 5.74) is 1.39. The predicted octanol–water partition coefficient (Wildman–Crippen LogP) is 2.66. The zero-order valence-corrected chi connectivity index (χ0v) is 9.83. The third kappa shape index (κ3) is 2.05. The van der Waals surface area contributed by atoms with Crippen LogP contribution in [0.15, 0.2) is 36.4 Å². The molecule has 0 aliphatic rings. The van der Waals surface area contributed by atoms with Crippen molar-refractivity contribution in [2.24, 2.45) is 0 Å². The van der Waals surface area contributed by atoms with E-state index in [1.54, 1.807) is 30.3 Å². The Bertz CT molecular complexity index is 561. The summed E-state index contributed by atoms with van der Waals surface area (Å²) >= 11 is 0. The first kappa shape index (κ1) is 12.1. The fraction of sp³-hybridized carbons (Fsp3) is 0.143. The van der Waals surface area contributed by atoms with Gasteiger partial charge in [0, 0.05) is 11.5 Å². The largest absolute Gasteiger partial charge is 0.508 e. The lowest BCUT2D eigenvalue weighted by molar-refractivity contribution is 0.364. The Kier molecular flexibility index (Phi) is 3.02. The third-order valence-corrected chi connectivity index (χ3v) is 3.02. The van der Waals surface area contributed by atoms with Gasteiger partial charge in [0.05, 0.1) is 0 Å². The van der Waals surface area contributed by atoms with Crippen LogP contribution in [0.25, 0.3) is 0 Å². The van der Waals surface area contributed by atoms with Crippen molar-refractivity contribution in [3.63, 3.8) is 0 Å². The molecule has 4 nitrogen and oxygen atoms in total. The van der Waals surface area contributed by atoms with Crippen molar-refractivity contribution in [2.45, 2.75) is 12.8 Å². The molecule has 2 rings (SSSR count). The fourth-order valence-electron chi connectivity index (χ4n) is 1.88. The van der Waals surface area contributed by atoms with E-state index in [9.17, 15) is 20.4 Å². The number of phenolic OH excluding ortho intramolecular Hbond substituents is 4. The maximum absolute atomic E-state index is 9.81. The molecule has 0 aliphatic heterocycles. The van der Waals surface area contributed by atoms with Crippen LogP contribution in [-0.4, -0.2) is 20.4 Å². The van der Waals surface area contributed by atoms with Gasteiger partial charge in [-0.3, -0.25) is 0 Å². The molecule has 2 aromatic carbocycles. The maximum atomic E-state index is 9.81. The molecule has 4 N–H and O–H groups in total. The number of rotatable bonds is 2. The van der Waals surface area contributed by atoms with Gasteiger partial charge in [-0.15, -0.1) is 0 Å². The van der Waals surface area contributed by atoms with Crippen LogP contribution in [0.4, 0.5) is 0 Å². The highest BCUT2D eigenvalue weighted by molar-refractivity contribution is 5.55. The van der Waals surface area contributed by atoms with Crippen LogP contribution in [0.3, 0.4) is 0 Å². The van der Waals surface area contributed by atoms with Crippen LogP contribution in [0.1, 0.15) is 24.0 Å². The minimum atomic E-state index is -0.516. The van der Waals surface area contributed by atoms with Crippen molar-refractivity contribution in [3.05, 3.63) is 47.5 Å². The zero-order chi connectivity index (χ0) is 13.3. The lowest BCUT2D eigenvalue weighted by atomic mass is 9.92. The van der Waals surface area contributed by atoms with E-state index < -0.39 is 5.75 Å². The molecule has 94 valence electrons. The molecule has 0 aromatic heterocycles. The second-order valence-corrected chi connectivity index (χ2v) is 4.18. The van der Waals surface area contributed by atoms with E-state index in [1.807, 2.05) is 6.92 Å². The highest BCUT2D eigenvalue weighted by Crippen LogP contribution is 2.41. The van der Waals surface area contributed by atoms with Crippen LogP contribution in [0.5, 0.6) is 23.0 Å². The molecule has 1 unspecified atom stereocenters. The van der Waals surface area contributed by atoms with Crippen molar-refractivity contribution >= 4 is 0 Å². The molecule has 1 atom stereocenters. The first-order chi connectivity index (χ1) is 8.50. The zero-order valence-electron chi connectivity index (χ0n) is 9.83. The van der Waals surface area contributed by atoms with Crippen LogP contribution in [0.2, 0.25) is 0 Å². The average molecular weight is 246 g/mol. The van der Waals surface area contributed by atoms with Gasteiger partial charge in [-0.05, 0) is 23.8 Å². The van der Waals surface area contributed by atoms with E-state index in [-0.39, 0.29) is 23.2 Å². The Labute approximate surface area is 104 Å². The maximum Gasteiger partial charge on any atom is 0.200 e. The van der Waals surface area contributed by atoms with Crippen molar-refractivity contribution in [3.8, 4) is 23.0 Å². The normalized spacial score (nSPS) is 12.3. The summed E-state index contributed by atoms with van der Waals surface area (Å²) in [4.78, 5) is 0. The summed E-state index contributed by atoms with van der Waals surface area (Å²) in [5.74, 6) is -1.19. The lowest BCUT2D eigenvalue weighted by Crippen LogP contribution is -1.96. The number of hydrogen-bond donors (Lipinski definition) is 4. The molecule has 0 fully saturated rings. The van der Waals surface area contributed by atoms with E-state index in [0.717, 1.165) is 5.56 Å². The molecule has 0 radical (unpaired) electrons. The highest BCUT2D eigenvalue weighted by Gasteiger charge is 2.17.